The molecule has 0 unspecified atom stereocenters. The highest BCUT2D eigenvalue weighted by molar-refractivity contribution is 7.99. The van der Waals surface area contributed by atoms with Crippen molar-refractivity contribution in [3.05, 3.63) is 82.6 Å². The van der Waals surface area contributed by atoms with Crippen molar-refractivity contribution in [2.45, 2.75) is 13.5 Å². The molecule has 0 aliphatic heterocycles. The molecule has 0 spiro atoms. The molecule has 174 valence electrons. The maximum absolute atomic E-state index is 13.4. The first-order valence-corrected chi connectivity index (χ1v) is 12.0. The van der Waals surface area contributed by atoms with E-state index in [-0.39, 0.29) is 0 Å². The van der Waals surface area contributed by atoms with Crippen molar-refractivity contribution in [3.8, 4) is 5.88 Å². The van der Waals surface area contributed by atoms with Gasteiger partial charge in [-0.15, -0.1) is 0 Å². The van der Waals surface area contributed by atoms with Crippen LogP contribution in [0.2, 0.25) is 5.02 Å². The Kier molecular flexibility index (Phi) is 7.09. The molecule has 7 nitrogen and oxygen atoms in total. The molecule has 2 aromatic heterocycles. The maximum atomic E-state index is 13.4. The number of benzene rings is 2. The van der Waals surface area contributed by atoms with Gasteiger partial charge < -0.3 is 19.3 Å². The highest BCUT2D eigenvalue weighted by Crippen LogP contribution is 2.31. The minimum Gasteiger partial charge on any atom is -0.481 e. The van der Waals surface area contributed by atoms with Crippen molar-refractivity contribution in [1.29, 1.82) is 0 Å². The molecule has 4 rings (SSSR count). The number of nitrogens with one attached hydrogen (secondary N) is 2. The van der Waals surface area contributed by atoms with Gasteiger partial charge >= 0.3 is 0 Å². The van der Waals surface area contributed by atoms with E-state index in [4.69, 9.17) is 16.3 Å². The second-order valence-electron chi connectivity index (χ2n) is 7.58. The number of hydrogen-bond acceptors (Lipinski definition) is 6. The number of nitrogens with zero attached hydrogens (tertiary/aromatic N) is 2. The number of amides is 1. The van der Waals surface area contributed by atoms with Gasteiger partial charge in [-0.1, -0.05) is 35.7 Å². The Morgan fingerprint density at radius 2 is 1.85 bits per heavy atom. The quantitative estimate of drug-likeness (QED) is 0.189. The summed E-state index contributed by atoms with van der Waals surface area (Å²) < 4.78 is 10.3. The SMILES string of the molecule is COc1cc(NC(=O)C(=O)c2c(C)n(Cc3ccc(Cl)cc3)c3ccc(NSC)cc23)ccn1. The lowest BCUT2D eigenvalue weighted by atomic mass is 10.1. The molecular formula is C25H23ClN4O3S. The number of pyridine rings is 1. The summed E-state index contributed by atoms with van der Waals surface area (Å²) in [6, 6.07) is 16.5. The van der Waals surface area contributed by atoms with E-state index in [0.29, 0.717) is 39.8 Å². The molecule has 0 saturated heterocycles. The minimum absolute atomic E-state index is 0.341. The number of methoxy groups -OCH3 is 1. The Morgan fingerprint density at radius 1 is 1.09 bits per heavy atom. The van der Waals surface area contributed by atoms with E-state index in [1.54, 1.807) is 12.1 Å². The molecule has 0 bridgehead atoms. The lowest BCUT2D eigenvalue weighted by Crippen LogP contribution is -2.23. The van der Waals surface area contributed by atoms with E-state index in [2.05, 4.69) is 15.0 Å². The number of ether oxygens (including phenoxy) is 1. The van der Waals surface area contributed by atoms with Crippen molar-refractivity contribution >= 4 is 57.5 Å². The number of rotatable bonds is 8. The number of Topliss-reactive ketones (excluding diaryl/α,β-unsaturated/α-hetero) is 1. The third-order valence-corrected chi connectivity index (χ3v) is 6.12. The average molecular weight is 495 g/mol. The van der Waals surface area contributed by atoms with E-state index < -0.39 is 11.7 Å². The summed E-state index contributed by atoms with van der Waals surface area (Å²) >= 11 is 7.49. The Bertz CT molecular complexity index is 1370. The Balaban J connectivity index is 1.75. The number of hydrogen-bond donors (Lipinski definition) is 2. The summed E-state index contributed by atoms with van der Waals surface area (Å²) in [6.07, 6.45) is 3.42. The van der Waals surface area contributed by atoms with Gasteiger partial charge in [-0.25, -0.2) is 4.98 Å². The molecule has 0 saturated carbocycles. The minimum atomic E-state index is -0.731. The molecule has 2 N–H and O–H groups in total. The van der Waals surface area contributed by atoms with Crippen molar-refractivity contribution in [3.63, 3.8) is 0 Å². The fraction of sp³-hybridized carbons (Fsp3) is 0.160. The molecule has 0 fully saturated rings. The summed E-state index contributed by atoms with van der Waals surface area (Å²) in [5, 5.41) is 4.02. The van der Waals surface area contributed by atoms with Crippen LogP contribution in [0, 0.1) is 6.92 Å². The molecule has 0 aliphatic carbocycles. The van der Waals surface area contributed by atoms with Crippen LogP contribution < -0.4 is 14.8 Å². The van der Waals surface area contributed by atoms with Crippen LogP contribution in [0.15, 0.2) is 60.8 Å². The second-order valence-corrected chi connectivity index (χ2v) is 8.63. The molecule has 4 aromatic rings. The van der Waals surface area contributed by atoms with Gasteiger partial charge in [-0.05, 0) is 48.9 Å². The molecular weight excluding hydrogens is 472 g/mol. The summed E-state index contributed by atoms with van der Waals surface area (Å²) in [4.78, 5) is 30.4. The number of carbonyl (C=O) groups is 2. The average Bonchev–Trinajstić information content (AvgIpc) is 3.10. The number of ketones is 1. The lowest BCUT2D eigenvalue weighted by Gasteiger charge is -2.10. The fourth-order valence-corrected chi connectivity index (χ4v) is 4.32. The summed E-state index contributed by atoms with van der Waals surface area (Å²) in [5.74, 6) is -1.01. The number of aromatic nitrogens is 2. The normalized spacial score (nSPS) is 10.8. The van der Waals surface area contributed by atoms with E-state index in [9.17, 15) is 9.59 Å². The van der Waals surface area contributed by atoms with Crippen LogP contribution in [-0.4, -0.2) is 34.6 Å². The van der Waals surface area contributed by atoms with Gasteiger partial charge in [0, 0.05) is 58.1 Å². The molecule has 2 aromatic carbocycles. The van der Waals surface area contributed by atoms with Crippen molar-refractivity contribution < 1.29 is 14.3 Å². The van der Waals surface area contributed by atoms with Crippen LogP contribution in [0.5, 0.6) is 5.88 Å². The predicted octanol–water partition coefficient (Wildman–Crippen LogP) is 5.57. The second kappa shape index (κ2) is 10.2. The third kappa shape index (κ3) is 4.88. The van der Waals surface area contributed by atoms with E-state index in [1.807, 2.05) is 60.2 Å². The zero-order valence-electron chi connectivity index (χ0n) is 18.9. The zero-order chi connectivity index (χ0) is 24.2. The Hall–Kier alpha value is -3.49. The number of fused-ring (bicyclic) bond motifs is 1. The largest absolute Gasteiger partial charge is 0.481 e. The molecule has 0 aliphatic rings. The lowest BCUT2D eigenvalue weighted by molar-refractivity contribution is -0.112. The van der Waals surface area contributed by atoms with Crippen LogP contribution in [0.4, 0.5) is 11.4 Å². The topological polar surface area (TPSA) is 85.2 Å². The van der Waals surface area contributed by atoms with Crippen molar-refractivity contribution in [2.24, 2.45) is 0 Å². The first-order valence-electron chi connectivity index (χ1n) is 10.4. The highest BCUT2D eigenvalue weighted by atomic mass is 35.5. The fourth-order valence-electron chi connectivity index (χ4n) is 3.83. The monoisotopic (exact) mass is 494 g/mol. The maximum Gasteiger partial charge on any atom is 0.296 e. The van der Waals surface area contributed by atoms with Gasteiger partial charge in [-0.2, -0.15) is 0 Å². The van der Waals surface area contributed by atoms with Gasteiger partial charge in [0.15, 0.2) is 0 Å². The first kappa shape index (κ1) is 23.7. The Morgan fingerprint density at radius 3 is 2.56 bits per heavy atom. The molecule has 1 amide bonds. The number of halogens is 1. The third-order valence-electron chi connectivity index (χ3n) is 5.43. The number of carbonyl (C=O) groups excluding carboxylic acids is 2. The van der Waals surface area contributed by atoms with Gasteiger partial charge in [0.1, 0.15) is 0 Å². The summed E-state index contributed by atoms with van der Waals surface area (Å²) in [7, 11) is 1.48. The van der Waals surface area contributed by atoms with Gasteiger partial charge in [0.25, 0.3) is 11.7 Å². The van der Waals surface area contributed by atoms with Crippen LogP contribution in [0.25, 0.3) is 10.9 Å². The van der Waals surface area contributed by atoms with Crippen molar-refractivity contribution in [1.82, 2.24) is 9.55 Å². The van der Waals surface area contributed by atoms with Crippen LogP contribution in [-0.2, 0) is 11.3 Å². The highest BCUT2D eigenvalue weighted by Gasteiger charge is 2.26. The molecule has 2 heterocycles. The van der Waals surface area contributed by atoms with Crippen LogP contribution in [0.1, 0.15) is 21.6 Å². The molecule has 0 atom stereocenters. The van der Waals surface area contributed by atoms with Gasteiger partial charge in [-0.3, -0.25) is 9.59 Å². The Labute approximate surface area is 206 Å². The van der Waals surface area contributed by atoms with E-state index in [1.165, 1.54) is 25.3 Å². The van der Waals surface area contributed by atoms with Crippen LogP contribution in [0.3, 0.4) is 0 Å². The van der Waals surface area contributed by atoms with E-state index in [0.717, 1.165) is 16.8 Å². The van der Waals surface area contributed by atoms with Crippen LogP contribution >= 0.6 is 23.5 Å². The molecule has 0 radical (unpaired) electrons. The summed E-state index contributed by atoms with van der Waals surface area (Å²) in [6.45, 7) is 2.39. The number of anilines is 2. The standard InChI is InChI=1S/C25H23ClN4O3S/c1-15-23(24(31)25(32)28-18-10-11-27-22(13-18)33-2)20-12-19(29-34-3)8-9-21(20)30(15)14-16-4-6-17(26)7-5-16/h4-13,29H,14H2,1-3H3,(H,27,28,32). The smallest absolute Gasteiger partial charge is 0.296 e. The predicted molar refractivity (Wildman–Crippen MR) is 138 cm³/mol. The van der Waals surface area contributed by atoms with E-state index >= 15 is 0 Å². The van der Waals surface area contributed by atoms with Gasteiger partial charge in [0.2, 0.25) is 5.88 Å². The van der Waals surface area contributed by atoms with Crippen molar-refractivity contribution in [2.75, 3.05) is 23.4 Å². The summed E-state index contributed by atoms with van der Waals surface area (Å²) in [5.41, 5.74) is 4.24. The molecule has 9 heteroatoms. The zero-order valence-corrected chi connectivity index (χ0v) is 20.5. The van der Waals surface area contributed by atoms with Gasteiger partial charge in [0.05, 0.1) is 12.7 Å². The first-order chi connectivity index (χ1) is 16.4. The molecule has 34 heavy (non-hydrogen) atoms.